The van der Waals surface area contributed by atoms with Gasteiger partial charge in [-0.3, -0.25) is 10.1 Å². The SMILES string of the molecule is O=[N+]([O-])c1ccc(-c2ncn(C[C@H](O)COCc3ccccc3F)n2)cc1. The number of ether oxygens (including phenoxy) is 1. The van der Waals surface area contributed by atoms with Crippen molar-refractivity contribution in [1.29, 1.82) is 0 Å². The molecule has 3 rings (SSSR count). The van der Waals surface area contributed by atoms with Crippen LogP contribution in [0, 0.1) is 15.9 Å². The summed E-state index contributed by atoms with van der Waals surface area (Å²) in [6.07, 6.45) is 0.611. The molecular weight excluding hydrogens is 355 g/mol. The van der Waals surface area contributed by atoms with Crippen molar-refractivity contribution in [3.05, 3.63) is 76.4 Å². The van der Waals surface area contributed by atoms with E-state index in [1.165, 1.54) is 29.2 Å². The van der Waals surface area contributed by atoms with Gasteiger partial charge < -0.3 is 9.84 Å². The van der Waals surface area contributed by atoms with Crippen molar-refractivity contribution in [2.45, 2.75) is 19.3 Å². The van der Waals surface area contributed by atoms with Crippen molar-refractivity contribution in [3.63, 3.8) is 0 Å². The maximum atomic E-state index is 13.5. The van der Waals surface area contributed by atoms with Gasteiger partial charge in [0.05, 0.1) is 30.8 Å². The highest BCUT2D eigenvalue weighted by molar-refractivity contribution is 5.56. The van der Waals surface area contributed by atoms with E-state index < -0.39 is 11.0 Å². The average molecular weight is 372 g/mol. The lowest BCUT2D eigenvalue weighted by Crippen LogP contribution is -2.22. The molecule has 27 heavy (non-hydrogen) atoms. The molecule has 0 fully saturated rings. The second kappa shape index (κ2) is 8.47. The Kier molecular flexibility index (Phi) is 5.84. The molecule has 1 heterocycles. The van der Waals surface area contributed by atoms with E-state index in [0.29, 0.717) is 17.0 Å². The van der Waals surface area contributed by atoms with Gasteiger partial charge in [0.15, 0.2) is 5.82 Å². The van der Waals surface area contributed by atoms with E-state index in [1.807, 2.05) is 0 Å². The summed E-state index contributed by atoms with van der Waals surface area (Å²) in [5.41, 5.74) is 1.04. The standard InChI is InChI=1S/C18H17FN4O4/c19-17-4-2-1-3-14(17)10-27-11-16(24)9-22-12-20-18(21-22)13-5-7-15(8-6-13)23(25)26/h1-8,12,16,24H,9-11H2/t16-/m0/s1. The van der Waals surface area contributed by atoms with Gasteiger partial charge >= 0.3 is 0 Å². The van der Waals surface area contributed by atoms with Gasteiger partial charge in [-0.1, -0.05) is 18.2 Å². The molecule has 8 nitrogen and oxygen atoms in total. The summed E-state index contributed by atoms with van der Waals surface area (Å²) in [6, 6.07) is 12.2. The van der Waals surface area contributed by atoms with Crippen LogP contribution >= 0.6 is 0 Å². The van der Waals surface area contributed by atoms with Gasteiger partial charge in [0, 0.05) is 23.3 Å². The highest BCUT2D eigenvalue weighted by Crippen LogP contribution is 2.19. The summed E-state index contributed by atoms with van der Waals surface area (Å²) in [6.45, 7) is 0.230. The number of rotatable bonds is 8. The molecule has 1 aromatic heterocycles. The third-order valence-corrected chi connectivity index (χ3v) is 3.80. The van der Waals surface area contributed by atoms with E-state index in [9.17, 15) is 19.6 Å². The monoisotopic (exact) mass is 372 g/mol. The molecule has 0 spiro atoms. The van der Waals surface area contributed by atoms with Gasteiger partial charge in [0.2, 0.25) is 0 Å². The smallest absolute Gasteiger partial charge is 0.269 e. The second-order valence-corrected chi connectivity index (χ2v) is 5.85. The molecule has 0 aliphatic carbocycles. The zero-order valence-corrected chi connectivity index (χ0v) is 14.2. The Hall–Kier alpha value is -3.17. The zero-order chi connectivity index (χ0) is 19.2. The molecule has 0 aliphatic heterocycles. The van der Waals surface area contributed by atoms with Crippen molar-refractivity contribution in [3.8, 4) is 11.4 Å². The number of hydrogen-bond donors (Lipinski definition) is 1. The number of aliphatic hydroxyl groups excluding tert-OH is 1. The number of benzene rings is 2. The van der Waals surface area contributed by atoms with Gasteiger partial charge in [0.1, 0.15) is 12.1 Å². The molecule has 9 heteroatoms. The zero-order valence-electron chi connectivity index (χ0n) is 14.2. The molecule has 3 aromatic rings. The van der Waals surface area contributed by atoms with Crippen LogP contribution in [-0.4, -0.2) is 37.5 Å². The normalized spacial score (nSPS) is 12.1. The maximum absolute atomic E-state index is 13.5. The van der Waals surface area contributed by atoms with E-state index in [0.717, 1.165) is 0 Å². The molecule has 0 saturated heterocycles. The number of hydrogen-bond acceptors (Lipinski definition) is 6. The molecule has 0 unspecified atom stereocenters. The first-order valence-corrected chi connectivity index (χ1v) is 8.16. The minimum Gasteiger partial charge on any atom is -0.389 e. The van der Waals surface area contributed by atoms with Crippen molar-refractivity contribution < 1.29 is 19.2 Å². The lowest BCUT2D eigenvalue weighted by Gasteiger charge is -2.11. The Bertz CT molecular complexity index is 914. The number of halogens is 1. The molecule has 0 aliphatic rings. The van der Waals surface area contributed by atoms with Gasteiger partial charge in [-0.2, -0.15) is 5.10 Å². The number of nitrogens with zero attached hydrogens (tertiary/aromatic N) is 4. The number of aliphatic hydroxyl groups is 1. The minimum absolute atomic E-state index is 0.0133. The average Bonchev–Trinajstić information content (AvgIpc) is 3.12. The van der Waals surface area contributed by atoms with Crippen molar-refractivity contribution in [2.75, 3.05) is 6.61 Å². The number of non-ortho nitro benzene ring substituents is 1. The van der Waals surface area contributed by atoms with Crippen LogP contribution < -0.4 is 0 Å². The summed E-state index contributed by atoms with van der Waals surface area (Å²) in [5.74, 6) is 0.0420. The molecular formula is C18H17FN4O4. The minimum atomic E-state index is -0.844. The fourth-order valence-electron chi connectivity index (χ4n) is 2.44. The van der Waals surface area contributed by atoms with E-state index in [4.69, 9.17) is 4.74 Å². The van der Waals surface area contributed by atoms with Crippen LogP contribution in [0.2, 0.25) is 0 Å². The van der Waals surface area contributed by atoms with Gasteiger partial charge in [-0.15, -0.1) is 0 Å². The lowest BCUT2D eigenvalue weighted by atomic mass is 10.2. The molecule has 0 radical (unpaired) electrons. The quantitative estimate of drug-likeness (QED) is 0.481. The third-order valence-electron chi connectivity index (χ3n) is 3.80. The predicted octanol–water partition coefficient (Wildman–Crippen LogP) is 2.57. The van der Waals surface area contributed by atoms with Gasteiger partial charge in [-0.25, -0.2) is 14.1 Å². The van der Waals surface area contributed by atoms with Crippen LogP contribution in [0.5, 0.6) is 0 Å². The number of aromatic nitrogens is 3. The van der Waals surface area contributed by atoms with Crippen molar-refractivity contribution in [2.24, 2.45) is 0 Å². The fourth-order valence-corrected chi connectivity index (χ4v) is 2.44. The van der Waals surface area contributed by atoms with Gasteiger partial charge in [-0.05, 0) is 18.2 Å². The first kappa shape index (κ1) is 18.6. The van der Waals surface area contributed by atoms with E-state index in [2.05, 4.69) is 10.1 Å². The Morgan fingerprint density at radius 3 is 2.67 bits per heavy atom. The molecule has 0 saturated carbocycles. The van der Waals surface area contributed by atoms with E-state index >= 15 is 0 Å². The molecule has 0 bridgehead atoms. The first-order chi connectivity index (χ1) is 13.0. The summed E-state index contributed by atoms with van der Waals surface area (Å²) in [7, 11) is 0. The molecule has 0 amide bonds. The summed E-state index contributed by atoms with van der Waals surface area (Å²) in [4.78, 5) is 14.3. The summed E-state index contributed by atoms with van der Waals surface area (Å²) in [5, 5.41) is 25.0. The highest BCUT2D eigenvalue weighted by Gasteiger charge is 2.11. The molecule has 1 N–H and O–H groups in total. The number of nitro groups is 1. The molecule has 140 valence electrons. The number of nitro benzene ring substituents is 1. The summed E-state index contributed by atoms with van der Waals surface area (Å²) >= 11 is 0. The van der Waals surface area contributed by atoms with Crippen LogP contribution in [0.3, 0.4) is 0 Å². The van der Waals surface area contributed by atoms with Crippen LogP contribution in [-0.2, 0) is 17.9 Å². The van der Waals surface area contributed by atoms with E-state index in [-0.39, 0.29) is 31.3 Å². The van der Waals surface area contributed by atoms with Gasteiger partial charge in [0.25, 0.3) is 5.69 Å². The molecule has 1 atom stereocenters. The van der Waals surface area contributed by atoms with Crippen molar-refractivity contribution >= 4 is 5.69 Å². The fraction of sp³-hybridized carbons (Fsp3) is 0.222. The second-order valence-electron chi connectivity index (χ2n) is 5.85. The van der Waals surface area contributed by atoms with Crippen LogP contribution in [0.15, 0.2) is 54.9 Å². The third kappa shape index (κ3) is 4.93. The Labute approximate surface area is 154 Å². The van der Waals surface area contributed by atoms with Crippen LogP contribution in [0.4, 0.5) is 10.1 Å². The highest BCUT2D eigenvalue weighted by atomic mass is 19.1. The first-order valence-electron chi connectivity index (χ1n) is 8.16. The van der Waals surface area contributed by atoms with Crippen LogP contribution in [0.1, 0.15) is 5.56 Å². The van der Waals surface area contributed by atoms with Crippen LogP contribution in [0.25, 0.3) is 11.4 Å². The predicted molar refractivity (Wildman–Crippen MR) is 94.2 cm³/mol. The maximum Gasteiger partial charge on any atom is 0.269 e. The Morgan fingerprint density at radius 2 is 1.96 bits per heavy atom. The topological polar surface area (TPSA) is 103 Å². The Balaban J connectivity index is 1.52. The van der Waals surface area contributed by atoms with Crippen molar-refractivity contribution in [1.82, 2.24) is 14.8 Å². The Morgan fingerprint density at radius 1 is 1.22 bits per heavy atom. The van der Waals surface area contributed by atoms with E-state index in [1.54, 1.807) is 30.3 Å². The summed E-state index contributed by atoms with van der Waals surface area (Å²) < 4.78 is 20.3. The molecule has 2 aromatic carbocycles. The largest absolute Gasteiger partial charge is 0.389 e. The lowest BCUT2D eigenvalue weighted by molar-refractivity contribution is -0.384.